The van der Waals surface area contributed by atoms with Crippen LogP contribution in [0.15, 0.2) is 6.07 Å². The van der Waals surface area contributed by atoms with Crippen LogP contribution in [0.2, 0.25) is 0 Å². The summed E-state index contributed by atoms with van der Waals surface area (Å²) in [6, 6.07) is 0.709. The molecular weight excluding hydrogens is 647 g/mol. The molecule has 1 unspecified atom stereocenters. The summed E-state index contributed by atoms with van der Waals surface area (Å²) in [5, 5.41) is 15.2. The minimum atomic E-state index is -5.17. The fourth-order valence-corrected chi connectivity index (χ4v) is 8.34. The number of piperazine rings is 1. The van der Waals surface area contributed by atoms with Crippen molar-refractivity contribution in [3.63, 3.8) is 0 Å². The van der Waals surface area contributed by atoms with E-state index >= 15 is 0 Å². The molecule has 49 heavy (non-hydrogen) atoms. The van der Waals surface area contributed by atoms with E-state index in [1.165, 1.54) is 6.92 Å². The van der Waals surface area contributed by atoms with Crippen molar-refractivity contribution in [2.24, 2.45) is 0 Å². The van der Waals surface area contributed by atoms with Crippen molar-refractivity contribution in [3.05, 3.63) is 45.0 Å². The van der Waals surface area contributed by atoms with Crippen molar-refractivity contribution in [1.82, 2.24) is 20.4 Å². The van der Waals surface area contributed by atoms with Gasteiger partial charge in [0.15, 0.2) is 11.5 Å². The summed E-state index contributed by atoms with van der Waals surface area (Å²) in [7, 11) is 3.61. The zero-order valence-corrected chi connectivity index (χ0v) is 28.2. The Hall–Kier alpha value is -4.55. The second-order valence-electron chi connectivity index (χ2n) is 13.1. The highest BCUT2D eigenvalue weighted by molar-refractivity contribution is 5.89. The summed E-state index contributed by atoms with van der Waals surface area (Å²) in [4.78, 5) is 41.5. The molecule has 0 aliphatic carbocycles. The fourth-order valence-electron chi connectivity index (χ4n) is 8.34. The number of ether oxygens (including phenoxy) is 4. The van der Waals surface area contributed by atoms with E-state index in [0.29, 0.717) is 46.8 Å². The maximum Gasteiger partial charge on any atom is 0.471 e. The molecule has 0 radical (unpaired) electrons. The van der Waals surface area contributed by atoms with Gasteiger partial charge in [-0.2, -0.15) is 18.4 Å². The third-order valence-electron chi connectivity index (χ3n) is 10.3. The van der Waals surface area contributed by atoms with Crippen LogP contribution < -0.4 is 29.6 Å². The molecule has 262 valence electrons. The van der Waals surface area contributed by atoms with E-state index in [1.54, 1.807) is 19.4 Å². The summed E-state index contributed by atoms with van der Waals surface area (Å²) in [5.41, 5.74) is 5.87. The van der Waals surface area contributed by atoms with Crippen LogP contribution in [-0.4, -0.2) is 85.4 Å². The van der Waals surface area contributed by atoms with E-state index in [4.69, 9.17) is 18.9 Å². The van der Waals surface area contributed by atoms with Gasteiger partial charge in [0, 0.05) is 42.2 Å². The molecule has 1 saturated heterocycles. The van der Waals surface area contributed by atoms with Crippen LogP contribution in [-0.2, 0) is 27.2 Å². The van der Waals surface area contributed by atoms with E-state index < -0.39 is 48.1 Å². The average Bonchev–Trinajstić information content (AvgIpc) is 3.52. The minimum absolute atomic E-state index is 0.115. The molecule has 4 heterocycles. The maximum atomic E-state index is 13.2. The van der Waals surface area contributed by atoms with Gasteiger partial charge in [0.1, 0.15) is 23.6 Å². The molecule has 4 aliphatic rings. The van der Waals surface area contributed by atoms with E-state index in [0.717, 1.165) is 34.9 Å². The number of nitriles is 1. The summed E-state index contributed by atoms with van der Waals surface area (Å²) in [5.74, 6) is -1.85. The predicted octanol–water partition coefficient (Wildman–Crippen LogP) is 3.23. The van der Waals surface area contributed by atoms with Crippen molar-refractivity contribution in [2.45, 2.75) is 89.9 Å². The Balaban J connectivity index is 1.52. The number of rotatable bonds is 6. The average molecular weight is 686 g/mol. The second kappa shape index (κ2) is 12.4. The number of hydrogen-bond donors (Lipinski definition) is 2. The molecule has 4 aliphatic heterocycles. The Morgan fingerprint density at radius 2 is 1.78 bits per heavy atom. The molecule has 2 bridgehead atoms. The molecule has 6 rings (SSSR count). The highest BCUT2D eigenvalue weighted by atomic mass is 19.4. The van der Waals surface area contributed by atoms with Gasteiger partial charge in [-0.05, 0) is 69.8 Å². The van der Waals surface area contributed by atoms with Crippen molar-refractivity contribution < 1.29 is 46.5 Å². The van der Waals surface area contributed by atoms with Crippen molar-refractivity contribution in [1.29, 1.82) is 5.26 Å². The molecule has 2 aromatic carbocycles. The van der Waals surface area contributed by atoms with Crippen LogP contribution in [0, 0.1) is 32.1 Å². The lowest BCUT2D eigenvalue weighted by molar-refractivity contribution is -0.174. The SMILES string of the molecule is COc1c(C)cc2c(c1C)[C@@H]1C3Cc4c(OC(C)=O)c(C)c5c(c4[C@H](CNC(=O)[C@@H](C)NC(=O)C(F)(F)F)N3[C@@H](C#N)[C@@H](C2)N1C)OCO5. The van der Waals surface area contributed by atoms with Gasteiger partial charge in [-0.1, -0.05) is 6.07 Å². The molecule has 15 heteroatoms. The van der Waals surface area contributed by atoms with Gasteiger partial charge in [0.25, 0.3) is 0 Å². The Labute approximate surface area is 281 Å². The van der Waals surface area contributed by atoms with Gasteiger partial charge >= 0.3 is 18.1 Å². The Morgan fingerprint density at radius 1 is 1.08 bits per heavy atom. The smallest absolute Gasteiger partial charge is 0.471 e. The zero-order chi connectivity index (χ0) is 35.7. The third-order valence-corrected chi connectivity index (χ3v) is 10.3. The van der Waals surface area contributed by atoms with Crippen molar-refractivity contribution in [3.8, 4) is 29.1 Å². The first-order valence-corrected chi connectivity index (χ1v) is 15.9. The number of amides is 2. The lowest BCUT2D eigenvalue weighted by Gasteiger charge is -2.60. The highest BCUT2D eigenvalue weighted by Gasteiger charge is 2.56. The summed E-state index contributed by atoms with van der Waals surface area (Å²) < 4.78 is 62.4. The van der Waals surface area contributed by atoms with Crippen molar-refractivity contribution >= 4 is 17.8 Å². The summed E-state index contributed by atoms with van der Waals surface area (Å²) in [6.07, 6.45) is -4.28. The van der Waals surface area contributed by atoms with Gasteiger partial charge in [-0.25, -0.2) is 0 Å². The van der Waals surface area contributed by atoms with Gasteiger partial charge in [0.05, 0.1) is 25.3 Å². The van der Waals surface area contributed by atoms with Crippen LogP contribution in [0.25, 0.3) is 0 Å². The van der Waals surface area contributed by atoms with Crippen LogP contribution in [0.4, 0.5) is 13.2 Å². The number of carbonyl (C=O) groups excluding carboxylic acids is 3. The van der Waals surface area contributed by atoms with Crippen LogP contribution in [0.1, 0.15) is 64.9 Å². The number of methoxy groups -OCH3 is 1. The normalized spacial score (nSPS) is 24.5. The molecule has 12 nitrogen and oxygen atoms in total. The van der Waals surface area contributed by atoms with Crippen LogP contribution in [0.5, 0.6) is 23.0 Å². The number of fused-ring (bicyclic) bond motifs is 9. The molecule has 0 aromatic heterocycles. The molecule has 6 atom stereocenters. The monoisotopic (exact) mass is 685 g/mol. The first-order chi connectivity index (χ1) is 23.1. The Kier molecular flexibility index (Phi) is 8.69. The molecule has 0 spiro atoms. The maximum absolute atomic E-state index is 13.2. The number of alkyl halides is 3. The molecular formula is C34H38F3N5O7. The highest BCUT2D eigenvalue weighted by Crippen LogP contribution is 2.57. The minimum Gasteiger partial charge on any atom is -0.496 e. The molecule has 2 aromatic rings. The van der Waals surface area contributed by atoms with E-state index in [9.17, 15) is 32.8 Å². The number of likely N-dealkylation sites (N-methyl/N-ethyl adjacent to an activating group) is 1. The first-order valence-electron chi connectivity index (χ1n) is 15.9. The lowest BCUT2D eigenvalue weighted by atomic mass is 9.71. The molecule has 0 saturated carbocycles. The van der Waals surface area contributed by atoms with Gasteiger partial charge in [-0.15, -0.1) is 0 Å². The molecule has 1 fully saturated rings. The lowest BCUT2D eigenvalue weighted by Crippen LogP contribution is -2.69. The Morgan fingerprint density at radius 3 is 2.41 bits per heavy atom. The molecule has 2 N–H and O–H groups in total. The van der Waals surface area contributed by atoms with Gasteiger partial charge < -0.3 is 29.6 Å². The van der Waals surface area contributed by atoms with Gasteiger partial charge in [0.2, 0.25) is 12.7 Å². The zero-order valence-electron chi connectivity index (χ0n) is 28.2. The number of nitrogens with one attached hydrogen (secondary N) is 2. The number of benzene rings is 2. The fraction of sp³-hybridized carbons (Fsp3) is 0.529. The van der Waals surface area contributed by atoms with E-state index in [1.807, 2.05) is 20.9 Å². The first kappa shape index (κ1) is 34.3. The summed E-state index contributed by atoms with van der Waals surface area (Å²) in [6.45, 7) is 7.92. The van der Waals surface area contributed by atoms with Crippen molar-refractivity contribution in [2.75, 3.05) is 27.5 Å². The quantitative estimate of drug-likeness (QED) is 0.344. The summed E-state index contributed by atoms with van der Waals surface area (Å²) >= 11 is 0. The number of esters is 1. The van der Waals surface area contributed by atoms with E-state index in [2.05, 4.69) is 27.3 Å². The third kappa shape index (κ3) is 5.51. The Bertz CT molecular complexity index is 1790. The largest absolute Gasteiger partial charge is 0.496 e. The van der Waals surface area contributed by atoms with Crippen LogP contribution in [0.3, 0.4) is 0 Å². The molecule has 2 amide bonds. The van der Waals surface area contributed by atoms with Gasteiger partial charge in [-0.3, -0.25) is 24.2 Å². The number of nitrogens with zero attached hydrogens (tertiary/aromatic N) is 3. The topological polar surface area (TPSA) is 142 Å². The number of halogens is 3. The second-order valence-corrected chi connectivity index (χ2v) is 13.1. The number of carbonyl (C=O) groups is 3. The van der Waals surface area contributed by atoms with E-state index in [-0.39, 0.29) is 25.4 Å². The van der Waals surface area contributed by atoms with Crippen LogP contribution >= 0.6 is 0 Å². The standard InChI is InChI=1S/C34H38F3N5O7/c1-14-8-19-9-21-23(11-38)42-22(27(41(21)6)25(19)15(2)28(14)46-7)10-20-26(31-30(47-13-48-31)16(3)29(20)49-18(5)43)24(42)12-39-32(44)17(4)40-33(45)34(35,36)37/h8,17,21-24,27H,9-10,12-13H2,1-7H3,(H,39,44)(H,40,45)/t17-,21-,22?,23+,24+,27+/m1/s1. The predicted molar refractivity (Wildman–Crippen MR) is 167 cm³/mol. The number of aryl methyl sites for hydroxylation is 1. The number of hydrogen-bond acceptors (Lipinski definition) is 10.